The highest BCUT2D eigenvalue weighted by Crippen LogP contribution is 2.58. The minimum atomic E-state index is -0.308. The van der Waals surface area contributed by atoms with Crippen LogP contribution in [0.2, 0.25) is 0 Å². The van der Waals surface area contributed by atoms with Crippen molar-refractivity contribution in [3.05, 3.63) is 172 Å². The van der Waals surface area contributed by atoms with E-state index in [2.05, 4.69) is 259 Å². The normalized spacial score (nSPS) is 15.7. The molecule has 0 fully saturated rings. The van der Waals surface area contributed by atoms with Crippen LogP contribution in [0, 0.1) is 0 Å². The molecule has 0 radical (unpaired) electrons. The number of fused-ring (bicyclic) bond motifs is 12. The van der Waals surface area contributed by atoms with Gasteiger partial charge in [-0.3, -0.25) is 0 Å². The van der Waals surface area contributed by atoms with Crippen molar-refractivity contribution in [2.24, 2.45) is 0 Å². The maximum absolute atomic E-state index is 2.83. The third kappa shape index (κ3) is 6.54. The molecule has 2 aliphatic heterocycles. The average Bonchev–Trinajstić information content (AvgIpc) is 3.89. The first kappa shape index (κ1) is 45.9. The zero-order valence-corrected chi connectivity index (χ0v) is 45.5. The molecule has 0 spiro atoms. The lowest BCUT2D eigenvalue weighted by Gasteiger charge is -2.44. The fraction of sp³-hybridized carbons (Fsp3) is 0.343. The Bertz CT molecular complexity index is 3780. The quantitative estimate of drug-likeness (QED) is 0.157. The second-order valence-electron chi connectivity index (χ2n) is 27.2. The van der Waals surface area contributed by atoms with Crippen molar-refractivity contribution in [1.29, 1.82) is 0 Å². The first-order valence-corrected chi connectivity index (χ1v) is 26.3. The predicted molar refractivity (Wildman–Crippen MR) is 308 cm³/mol. The molecule has 71 heavy (non-hydrogen) atoms. The van der Waals surface area contributed by atoms with Crippen LogP contribution in [0.15, 0.2) is 133 Å². The Morgan fingerprint density at radius 3 is 1.54 bits per heavy atom. The Hall–Kier alpha value is -6.26. The molecule has 4 heterocycles. The predicted octanol–water partition coefficient (Wildman–Crippen LogP) is 17.5. The first-order valence-electron chi connectivity index (χ1n) is 26.3. The third-order valence-corrected chi connectivity index (χ3v) is 16.8. The van der Waals surface area contributed by atoms with Crippen molar-refractivity contribution < 1.29 is 0 Å². The van der Waals surface area contributed by atoms with Crippen LogP contribution in [0.25, 0.3) is 65.9 Å². The minimum absolute atomic E-state index is 0.0231. The van der Waals surface area contributed by atoms with Gasteiger partial charge >= 0.3 is 6.85 Å². The zero-order chi connectivity index (χ0) is 50.4. The molecule has 0 N–H and O–H groups in total. The van der Waals surface area contributed by atoms with Crippen LogP contribution >= 0.6 is 0 Å². The Kier molecular flexibility index (Phi) is 9.34. The van der Waals surface area contributed by atoms with Crippen LogP contribution in [0.5, 0.6) is 0 Å². The van der Waals surface area contributed by atoms with Gasteiger partial charge in [0.15, 0.2) is 0 Å². The summed E-state index contributed by atoms with van der Waals surface area (Å²) in [5.41, 5.74) is 24.8. The van der Waals surface area contributed by atoms with Gasteiger partial charge in [-0.15, -0.1) is 0 Å². The number of hydrogen-bond donors (Lipinski definition) is 0. The van der Waals surface area contributed by atoms with Crippen LogP contribution in [0.1, 0.15) is 157 Å². The van der Waals surface area contributed by atoms with Gasteiger partial charge < -0.3 is 13.9 Å². The molecule has 4 heteroatoms. The molecular formula is C67H72BN3. The van der Waals surface area contributed by atoms with Crippen LogP contribution in [-0.4, -0.2) is 15.9 Å². The largest absolute Gasteiger partial charge is 0.375 e. The molecule has 3 aliphatic rings. The van der Waals surface area contributed by atoms with Gasteiger partial charge in [0.25, 0.3) is 0 Å². The van der Waals surface area contributed by atoms with Crippen LogP contribution in [0.3, 0.4) is 0 Å². The highest BCUT2D eigenvalue weighted by atomic mass is 15.2. The maximum atomic E-state index is 2.83. The monoisotopic (exact) mass is 930 g/mol. The maximum Gasteiger partial charge on any atom is 0.333 e. The number of nitrogens with zero attached hydrogens (tertiary/aromatic N) is 3. The second kappa shape index (κ2) is 14.5. The van der Waals surface area contributed by atoms with Crippen molar-refractivity contribution in [1.82, 2.24) is 9.05 Å². The molecule has 9 aromatic rings. The Balaban J connectivity index is 1.33. The third-order valence-electron chi connectivity index (χ3n) is 16.8. The smallest absolute Gasteiger partial charge is 0.333 e. The summed E-state index contributed by atoms with van der Waals surface area (Å²) in [5.74, 6) is 0. The summed E-state index contributed by atoms with van der Waals surface area (Å²) in [5, 5.41) is 5.35. The van der Waals surface area contributed by atoms with E-state index in [0.29, 0.717) is 0 Å². The molecule has 2 aromatic heterocycles. The van der Waals surface area contributed by atoms with Gasteiger partial charge in [0, 0.05) is 66.3 Å². The molecule has 0 saturated carbocycles. The molecule has 0 bridgehead atoms. The topological polar surface area (TPSA) is 13.1 Å². The summed E-state index contributed by atoms with van der Waals surface area (Å²) in [4.78, 5) is 2.71. The van der Waals surface area contributed by atoms with Gasteiger partial charge in [-0.1, -0.05) is 184 Å². The molecule has 7 aromatic carbocycles. The van der Waals surface area contributed by atoms with Crippen molar-refractivity contribution >= 4 is 72.8 Å². The number of allylic oxidation sites excluding steroid dienone is 1. The Morgan fingerprint density at radius 2 is 0.944 bits per heavy atom. The van der Waals surface area contributed by atoms with Gasteiger partial charge in [-0.05, 0) is 143 Å². The molecule has 3 nitrogen and oxygen atoms in total. The summed E-state index contributed by atoms with van der Waals surface area (Å²) in [6.45, 7) is 40.3. The van der Waals surface area contributed by atoms with Gasteiger partial charge in [0.05, 0.1) is 11.0 Å². The molecule has 0 saturated heterocycles. The molecule has 358 valence electrons. The second-order valence-corrected chi connectivity index (χ2v) is 27.2. The van der Waals surface area contributed by atoms with E-state index in [9.17, 15) is 0 Å². The summed E-state index contributed by atoms with van der Waals surface area (Å²) in [7, 11) is 0. The molecule has 1 aliphatic carbocycles. The van der Waals surface area contributed by atoms with E-state index >= 15 is 0 Å². The molecule has 12 rings (SSSR count). The Morgan fingerprint density at radius 1 is 0.423 bits per heavy atom. The lowest BCUT2D eigenvalue weighted by Crippen LogP contribution is -2.50. The lowest BCUT2D eigenvalue weighted by molar-refractivity contribution is 0.586. The molecule has 0 amide bonds. The summed E-state index contributed by atoms with van der Waals surface area (Å²) in [6, 6.07) is 50.7. The van der Waals surface area contributed by atoms with Crippen molar-refractivity contribution in [3.63, 3.8) is 0 Å². The van der Waals surface area contributed by atoms with Gasteiger partial charge in [0.1, 0.15) is 0 Å². The average molecular weight is 930 g/mol. The van der Waals surface area contributed by atoms with Gasteiger partial charge in [0.2, 0.25) is 0 Å². The number of hydrogen-bond acceptors (Lipinski definition) is 1. The van der Waals surface area contributed by atoms with E-state index in [0.717, 1.165) is 0 Å². The van der Waals surface area contributed by atoms with Crippen LogP contribution < -0.4 is 10.4 Å². The number of rotatable bonds is 2. The number of benzene rings is 7. The fourth-order valence-corrected chi connectivity index (χ4v) is 12.7. The molecular weight excluding hydrogens is 858 g/mol. The Labute approximate surface area is 423 Å². The van der Waals surface area contributed by atoms with E-state index in [1.54, 1.807) is 0 Å². The van der Waals surface area contributed by atoms with E-state index in [1.165, 1.54) is 127 Å². The van der Waals surface area contributed by atoms with Crippen LogP contribution in [-0.2, 0) is 32.5 Å². The van der Waals surface area contributed by atoms with E-state index < -0.39 is 0 Å². The molecule has 0 unspecified atom stereocenters. The van der Waals surface area contributed by atoms with E-state index in [-0.39, 0.29) is 39.3 Å². The highest BCUT2D eigenvalue weighted by Gasteiger charge is 2.53. The SMILES string of the molecule is CC(C)(C)c1ccc(N2C3=C(B4c5c(cc(C(C)(C)C)cc52)-c2cc5c(c6cc(C(C)(C)C)ccc6n5-c5ccccc5)c5c6cc(C(C)(C)C)ccc6n4c25)c2cc(C(C)(C)C)ccc2C3(C)C)cc1. The van der Waals surface area contributed by atoms with E-state index in [4.69, 9.17) is 0 Å². The fourth-order valence-electron chi connectivity index (χ4n) is 12.7. The standard InChI is InChI=1S/C67H72BN3/c1-62(2,3)39-23-28-45(29-24-39)70-55-37-43(66(13,14)15)36-46-47-38-54-56(49-34-41(64(7,8)9)26-31-52(49)69(54)44-21-19-18-20-22-44)57-50-35-42(65(10,11)12)27-32-53(50)71(60(47)57)68(58(46)55)59-48-33-40(63(4,5)6)25-30-51(48)67(16,17)61(59)70/h18-38H,1-17H3. The van der Waals surface area contributed by atoms with Gasteiger partial charge in [-0.2, -0.15) is 0 Å². The van der Waals surface area contributed by atoms with Crippen molar-refractivity contribution in [2.45, 2.75) is 150 Å². The van der Waals surface area contributed by atoms with Gasteiger partial charge in [-0.25, -0.2) is 0 Å². The minimum Gasteiger partial charge on any atom is -0.375 e. The first-order chi connectivity index (χ1) is 33.2. The lowest BCUT2D eigenvalue weighted by atomic mass is 9.43. The number of anilines is 2. The molecule has 0 atom stereocenters. The zero-order valence-electron chi connectivity index (χ0n) is 45.5. The van der Waals surface area contributed by atoms with Crippen molar-refractivity contribution in [2.75, 3.05) is 4.90 Å². The van der Waals surface area contributed by atoms with Crippen molar-refractivity contribution in [3.8, 4) is 16.8 Å². The van der Waals surface area contributed by atoms with E-state index in [1.807, 2.05) is 0 Å². The highest BCUT2D eigenvalue weighted by molar-refractivity contribution is 6.93. The number of para-hydroxylation sites is 1. The number of aromatic nitrogens is 2. The summed E-state index contributed by atoms with van der Waals surface area (Å²) >= 11 is 0. The summed E-state index contributed by atoms with van der Waals surface area (Å²) in [6.07, 6.45) is 0. The summed E-state index contributed by atoms with van der Waals surface area (Å²) < 4.78 is 5.39. The van der Waals surface area contributed by atoms with Crippen LogP contribution in [0.4, 0.5) is 11.4 Å².